The lowest BCUT2D eigenvalue weighted by Crippen LogP contribution is -2.23. The second kappa shape index (κ2) is 6.89. The van der Waals surface area contributed by atoms with Gasteiger partial charge < -0.3 is 5.32 Å². The molecule has 5 nitrogen and oxygen atoms in total. The molecule has 1 aromatic rings. The fourth-order valence-corrected chi connectivity index (χ4v) is 4.24. The summed E-state index contributed by atoms with van der Waals surface area (Å²) in [5.41, 5.74) is 0. The van der Waals surface area contributed by atoms with Gasteiger partial charge in [0.2, 0.25) is 5.16 Å². The van der Waals surface area contributed by atoms with E-state index in [-0.39, 0.29) is 0 Å². The zero-order valence-electron chi connectivity index (χ0n) is 12.3. The van der Waals surface area contributed by atoms with Gasteiger partial charge in [0, 0.05) is 17.8 Å². The fraction of sp³-hybridized carbons (Fsp3) is 0.929. The molecule has 0 saturated heterocycles. The standard InChI is InChI=1S/C14H25N5S/c1-2-11-4-3-5-13(10-11)20-14-16-17-18-19(14)9-8-15-12-6-7-12/h11-13,15H,2-10H2,1H3. The van der Waals surface area contributed by atoms with Gasteiger partial charge in [-0.1, -0.05) is 37.9 Å². The lowest BCUT2D eigenvalue weighted by Gasteiger charge is -2.27. The molecule has 112 valence electrons. The molecule has 0 amide bonds. The maximum absolute atomic E-state index is 4.21. The Morgan fingerprint density at radius 2 is 2.20 bits per heavy atom. The van der Waals surface area contributed by atoms with E-state index in [9.17, 15) is 0 Å². The first-order valence-electron chi connectivity index (χ1n) is 8.01. The van der Waals surface area contributed by atoms with Crippen LogP contribution in [-0.4, -0.2) is 38.0 Å². The number of thioether (sulfide) groups is 1. The highest BCUT2D eigenvalue weighted by molar-refractivity contribution is 7.99. The van der Waals surface area contributed by atoms with E-state index in [2.05, 4.69) is 27.8 Å². The van der Waals surface area contributed by atoms with Crippen molar-refractivity contribution in [3.63, 3.8) is 0 Å². The Labute approximate surface area is 125 Å². The number of aromatic nitrogens is 4. The third-order valence-corrected chi connectivity index (χ3v) is 5.68. The van der Waals surface area contributed by atoms with Crippen molar-refractivity contribution in [3.05, 3.63) is 0 Å². The van der Waals surface area contributed by atoms with E-state index in [1.54, 1.807) is 0 Å². The molecule has 2 saturated carbocycles. The number of nitrogens with zero attached hydrogens (tertiary/aromatic N) is 4. The van der Waals surface area contributed by atoms with Crippen molar-refractivity contribution in [3.8, 4) is 0 Å². The minimum absolute atomic E-state index is 0.704. The maximum Gasteiger partial charge on any atom is 0.209 e. The molecule has 1 aromatic heterocycles. The van der Waals surface area contributed by atoms with E-state index in [1.807, 2.05) is 16.4 Å². The van der Waals surface area contributed by atoms with Crippen LogP contribution in [-0.2, 0) is 6.54 Å². The highest BCUT2D eigenvalue weighted by atomic mass is 32.2. The van der Waals surface area contributed by atoms with Crippen molar-refractivity contribution >= 4 is 11.8 Å². The van der Waals surface area contributed by atoms with Crippen LogP contribution in [0.3, 0.4) is 0 Å². The smallest absolute Gasteiger partial charge is 0.209 e. The van der Waals surface area contributed by atoms with Gasteiger partial charge in [-0.15, -0.1) is 5.10 Å². The Balaban J connectivity index is 1.49. The van der Waals surface area contributed by atoms with E-state index >= 15 is 0 Å². The largest absolute Gasteiger partial charge is 0.312 e. The average Bonchev–Trinajstić information content (AvgIpc) is 3.20. The van der Waals surface area contributed by atoms with Crippen LogP contribution in [0.4, 0.5) is 0 Å². The molecule has 2 aliphatic carbocycles. The SMILES string of the molecule is CCC1CCCC(Sc2nnnn2CCNC2CC2)C1. The van der Waals surface area contributed by atoms with E-state index < -0.39 is 0 Å². The summed E-state index contributed by atoms with van der Waals surface area (Å²) in [5, 5.41) is 17.4. The van der Waals surface area contributed by atoms with Crippen LogP contribution in [0, 0.1) is 5.92 Å². The van der Waals surface area contributed by atoms with Gasteiger partial charge in [0.15, 0.2) is 0 Å². The molecule has 2 unspecified atom stereocenters. The second-order valence-corrected chi connectivity index (χ2v) is 7.36. The van der Waals surface area contributed by atoms with Crippen molar-refractivity contribution in [2.24, 2.45) is 5.92 Å². The van der Waals surface area contributed by atoms with Crippen molar-refractivity contribution in [1.82, 2.24) is 25.5 Å². The van der Waals surface area contributed by atoms with Gasteiger partial charge in [0.25, 0.3) is 0 Å². The summed E-state index contributed by atoms with van der Waals surface area (Å²) in [4.78, 5) is 0. The molecule has 6 heteroatoms. The molecule has 2 fully saturated rings. The third-order valence-electron chi connectivity index (χ3n) is 4.42. The first-order chi connectivity index (χ1) is 9.85. The molecule has 3 rings (SSSR count). The lowest BCUT2D eigenvalue weighted by atomic mass is 9.87. The molecule has 0 radical (unpaired) electrons. The minimum Gasteiger partial charge on any atom is -0.312 e. The molecular weight excluding hydrogens is 270 g/mol. The van der Waals surface area contributed by atoms with Gasteiger partial charge in [-0.2, -0.15) is 0 Å². The van der Waals surface area contributed by atoms with Crippen LogP contribution in [0.2, 0.25) is 0 Å². The Morgan fingerprint density at radius 3 is 3.00 bits per heavy atom. The second-order valence-electron chi connectivity index (χ2n) is 6.09. The number of rotatable bonds is 7. The van der Waals surface area contributed by atoms with Crippen molar-refractivity contribution in [2.45, 2.75) is 74.9 Å². The molecule has 1 N–H and O–H groups in total. The zero-order chi connectivity index (χ0) is 13.8. The zero-order valence-corrected chi connectivity index (χ0v) is 13.1. The fourth-order valence-electron chi connectivity index (χ4n) is 2.95. The van der Waals surface area contributed by atoms with Crippen LogP contribution in [0.15, 0.2) is 5.16 Å². The molecule has 2 atom stereocenters. The minimum atomic E-state index is 0.704. The number of nitrogens with one attached hydrogen (secondary N) is 1. The first kappa shape index (κ1) is 14.3. The van der Waals surface area contributed by atoms with Gasteiger partial charge in [-0.25, -0.2) is 4.68 Å². The van der Waals surface area contributed by atoms with Crippen molar-refractivity contribution in [1.29, 1.82) is 0 Å². The van der Waals surface area contributed by atoms with E-state index in [4.69, 9.17) is 0 Å². The Hall–Kier alpha value is -0.620. The lowest BCUT2D eigenvalue weighted by molar-refractivity contribution is 0.356. The van der Waals surface area contributed by atoms with Gasteiger partial charge in [0.1, 0.15) is 0 Å². The number of tetrazole rings is 1. The molecular formula is C14H25N5S. The summed E-state index contributed by atoms with van der Waals surface area (Å²) in [7, 11) is 0. The van der Waals surface area contributed by atoms with E-state index in [0.717, 1.165) is 30.2 Å². The monoisotopic (exact) mass is 295 g/mol. The topological polar surface area (TPSA) is 55.6 Å². The van der Waals surface area contributed by atoms with Gasteiger partial charge in [0.05, 0.1) is 6.54 Å². The molecule has 0 aromatic carbocycles. The molecule has 2 aliphatic rings. The summed E-state index contributed by atoms with van der Waals surface area (Å²) in [5.74, 6) is 0.905. The Bertz CT molecular complexity index is 417. The Kier molecular flexibility index (Phi) is 4.94. The summed E-state index contributed by atoms with van der Waals surface area (Å²) >= 11 is 1.89. The Morgan fingerprint density at radius 1 is 1.30 bits per heavy atom. The first-order valence-corrected chi connectivity index (χ1v) is 8.89. The number of hydrogen-bond donors (Lipinski definition) is 1. The van der Waals surface area contributed by atoms with E-state index in [1.165, 1.54) is 44.9 Å². The quantitative estimate of drug-likeness (QED) is 0.837. The summed E-state index contributed by atoms with van der Waals surface area (Å²) < 4.78 is 1.97. The molecule has 20 heavy (non-hydrogen) atoms. The van der Waals surface area contributed by atoms with Gasteiger partial charge in [-0.05, 0) is 42.0 Å². The number of hydrogen-bond acceptors (Lipinski definition) is 5. The highest BCUT2D eigenvalue weighted by Gasteiger charge is 2.24. The predicted molar refractivity (Wildman–Crippen MR) is 80.7 cm³/mol. The van der Waals surface area contributed by atoms with Crippen molar-refractivity contribution in [2.75, 3.05) is 6.54 Å². The van der Waals surface area contributed by atoms with Gasteiger partial charge in [-0.3, -0.25) is 0 Å². The molecule has 0 spiro atoms. The van der Waals surface area contributed by atoms with Crippen LogP contribution in [0.5, 0.6) is 0 Å². The van der Waals surface area contributed by atoms with Gasteiger partial charge >= 0.3 is 0 Å². The van der Waals surface area contributed by atoms with Crippen LogP contribution in [0.1, 0.15) is 51.9 Å². The summed E-state index contributed by atoms with van der Waals surface area (Å²) in [6, 6.07) is 0.756. The molecule has 1 heterocycles. The van der Waals surface area contributed by atoms with Crippen LogP contribution in [0.25, 0.3) is 0 Å². The average molecular weight is 295 g/mol. The summed E-state index contributed by atoms with van der Waals surface area (Å²) in [6.07, 6.45) is 9.39. The normalized spacial score (nSPS) is 26.9. The maximum atomic E-state index is 4.21. The van der Waals surface area contributed by atoms with Crippen molar-refractivity contribution < 1.29 is 0 Å². The summed E-state index contributed by atoms with van der Waals surface area (Å²) in [6.45, 7) is 4.17. The van der Waals surface area contributed by atoms with Crippen LogP contribution >= 0.6 is 11.8 Å². The third kappa shape index (κ3) is 3.95. The van der Waals surface area contributed by atoms with E-state index in [0.29, 0.717) is 5.25 Å². The van der Waals surface area contributed by atoms with Crippen LogP contribution < -0.4 is 5.32 Å². The highest BCUT2D eigenvalue weighted by Crippen LogP contribution is 2.36. The molecule has 0 aliphatic heterocycles. The molecule has 0 bridgehead atoms. The predicted octanol–water partition coefficient (Wildman–Crippen LogP) is 2.49.